The third kappa shape index (κ3) is 4.86. The number of nitrogens with zero attached hydrogens (tertiary/aromatic N) is 3. The molecule has 8 heteroatoms. The van der Waals surface area contributed by atoms with Crippen molar-refractivity contribution in [2.75, 3.05) is 24.6 Å². The minimum absolute atomic E-state index is 0.0540. The maximum Gasteiger partial charge on any atom is 0.309 e. The number of aryl methyl sites for hydroxylation is 2. The summed E-state index contributed by atoms with van der Waals surface area (Å²) in [6, 6.07) is 0.0540. The van der Waals surface area contributed by atoms with Gasteiger partial charge in [0, 0.05) is 24.0 Å². The quantitative estimate of drug-likeness (QED) is 0.725. The number of esters is 1. The van der Waals surface area contributed by atoms with Crippen LogP contribution in [0.1, 0.15) is 44.1 Å². The molecule has 0 radical (unpaired) electrons. The molecule has 0 spiro atoms. The molecule has 1 atom stereocenters. The topological polar surface area (TPSA) is 84.4 Å². The van der Waals surface area contributed by atoms with Gasteiger partial charge in [0.05, 0.1) is 11.3 Å². The Labute approximate surface area is 175 Å². The van der Waals surface area contributed by atoms with E-state index in [1.165, 1.54) is 10.4 Å². The van der Waals surface area contributed by atoms with Crippen LogP contribution in [0.3, 0.4) is 0 Å². The van der Waals surface area contributed by atoms with Crippen LogP contribution in [0.5, 0.6) is 0 Å². The van der Waals surface area contributed by atoms with Crippen LogP contribution in [-0.4, -0.2) is 47.6 Å². The summed E-state index contributed by atoms with van der Waals surface area (Å²) < 4.78 is 5.26. The van der Waals surface area contributed by atoms with Crippen molar-refractivity contribution in [1.82, 2.24) is 15.3 Å². The molecule has 1 N–H and O–H groups in total. The first-order valence-electron chi connectivity index (χ1n) is 10.2. The van der Waals surface area contributed by atoms with E-state index >= 15 is 0 Å². The van der Waals surface area contributed by atoms with Crippen molar-refractivity contribution < 1.29 is 14.3 Å². The molecule has 0 saturated carbocycles. The van der Waals surface area contributed by atoms with Crippen LogP contribution >= 0.6 is 11.3 Å². The van der Waals surface area contributed by atoms with Gasteiger partial charge in [0.1, 0.15) is 17.0 Å². The van der Waals surface area contributed by atoms with Crippen molar-refractivity contribution in [1.29, 1.82) is 0 Å². The molecular formula is C21H30N4O3S. The lowest BCUT2D eigenvalue weighted by Crippen LogP contribution is -2.40. The Morgan fingerprint density at radius 2 is 1.93 bits per heavy atom. The SMILES string of the molecule is Cc1sc2ncnc(N3CCC(C(=O)OCC(=O)N[C@H](C)C(C)C)CC3)c2c1C. The molecule has 1 aliphatic rings. The first kappa shape index (κ1) is 21.5. The first-order chi connectivity index (χ1) is 13.8. The second-order valence-corrected chi connectivity index (χ2v) is 9.33. The van der Waals surface area contributed by atoms with E-state index in [9.17, 15) is 9.59 Å². The molecule has 2 aromatic heterocycles. The summed E-state index contributed by atoms with van der Waals surface area (Å²) in [7, 11) is 0. The molecule has 0 bridgehead atoms. The largest absolute Gasteiger partial charge is 0.455 e. The summed E-state index contributed by atoms with van der Waals surface area (Å²) in [6.45, 7) is 11.5. The summed E-state index contributed by atoms with van der Waals surface area (Å²) in [5, 5.41) is 3.97. The molecule has 158 valence electrons. The smallest absolute Gasteiger partial charge is 0.309 e. The van der Waals surface area contributed by atoms with E-state index in [4.69, 9.17) is 4.74 Å². The van der Waals surface area contributed by atoms with Crippen LogP contribution in [-0.2, 0) is 14.3 Å². The molecular weight excluding hydrogens is 388 g/mol. The highest BCUT2D eigenvalue weighted by Crippen LogP contribution is 2.35. The van der Waals surface area contributed by atoms with Crippen molar-refractivity contribution >= 4 is 39.2 Å². The Hall–Kier alpha value is -2.22. The van der Waals surface area contributed by atoms with Crippen LogP contribution in [0, 0.1) is 25.7 Å². The molecule has 29 heavy (non-hydrogen) atoms. The third-order valence-corrected chi connectivity index (χ3v) is 6.92. The van der Waals surface area contributed by atoms with Gasteiger partial charge in [-0.1, -0.05) is 13.8 Å². The summed E-state index contributed by atoms with van der Waals surface area (Å²) in [6.07, 6.45) is 3.00. The monoisotopic (exact) mass is 418 g/mol. The molecule has 1 saturated heterocycles. The number of amides is 1. The number of rotatable bonds is 6. The van der Waals surface area contributed by atoms with Gasteiger partial charge in [-0.15, -0.1) is 11.3 Å². The molecule has 1 aliphatic heterocycles. The molecule has 1 fully saturated rings. The van der Waals surface area contributed by atoms with Crippen LogP contribution in [0.2, 0.25) is 0 Å². The lowest BCUT2D eigenvalue weighted by Gasteiger charge is -2.32. The van der Waals surface area contributed by atoms with E-state index in [0.717, 1.165) is 29.1 Å². The number of thiophene rings is 1. The number of hydrogen-bond donors (Lipinski definition) is 1. The minimum atomic E-state index is -0.285. The highest BCUT2D eigenvalue weighted by atomic mass is 32.1. The zero-order valence-electron chi connectivity index (χ0n) is 17.8. The molecule has 3 rings (SSSR count). The number of ether oxygens (including phenoxy) is 1. The molecule has 0 aliphatic carbocycles. The van der Waals surface area contributed by atoms with Gasteiger partial charge in [-0.3, -0.25) is 9.59 Å². The van der Waals surface area contributed by atoms with Crippen molar-refractivity contribution in [2.45, 2.75) is 53.5 Å². The summed E-state index contributed by atoms with van der Waals surface area (Å²) >= 11 is 1.69. The average Bonchev–Trinajstić information content (AvgIpc) is 3.00. The highest BCUT2D eigenvalue weighted by molar-refractivity contribution is 7.18. The second-order valence-electron chi connectivity index (χ2n) is 8.13. The van der Waals surface area contributed by atoms with Crippen LogP contribution in [0.15, 0.2) is 6.33 Å². The Kier molecular flexibility index (Phi) is 6.72. The summed E-state index contributed by atoms with van der Waals surface area (Å²) in [5.74, 6) is 0.578. The number of anilines is 1. The van der Waals surface area contributed by atoms with Crippen LogP contribution < -0.4 is 10.2 Å². The Balaban J connectivity index is 1.54. The van der Waals surface area contributed by atoms with Crippen molar-refractivity contribution in [2.24, 2.45) is 11.8 Å². The summed E-state index contributed by atoms with van der Waals surface area (Å²) in [4.78, 5) is 37.7. The van der Waals surface area contributed by atoms with E-state index in [0.29, 0.717) is 18.8 Å². The maximum absolute atomic E-state index is 12.4. The fourth-order valence-electron chi connectivity index (χ4n) is 3.45. The van der Waals surface area contributed by atoms with Crippen molar-refractivity contribution in [3.63, 3.8) is 0 Å². The minimum Gasteiger partial charge on any atom is -0.455 e. The number of nitrogens with one attached hydrogen (secondary N) is 1. The van der Waals surface area contributed by atoms with Crippen molar-refractivity contribution in [3.8, 4) is 0 Å². The van der Waals surface area contributed by atoms with Crippen molar-refractivity contribution in [3.05, 3.63) is 16.8 Å². The van der Waals surface area contributed by atoms with Gasteiger partial charge in [-0.05, 0) is 45.1 Å². The molecule has 1 amide bonds. The number of fused-ring (bicyclic) bond motifs is 1. The highest BCUT2D eigenvalue weighted by Gasteiger charge is 2.28. The molecule has 2 aromatic rings. The Bertz CT molecular complexity index is 887. The van der Waals surface area contributed by atoms with Gasteiger partial charge in [-0.25, -0.2) is 9.97 Å². The fourth-order valence-corrected chi connectivity index (χ4v) is 4.44. The lowest BCUT2D eigenvalue weighted by molar-refractivity contribution is -0.153. The standard InChI is InChI=1S/C21H30N4O3S/c1-12(2)14(4)24-17(26)10-28-21(27)16-6-8-25(9-7-16)19-18-13(3)15(5)29-20(18)23-11-22-19/h11-12,14,16H,6-10H2,1-5H3,(H,24,26)/t14-/m1/s1. The van der Waals surface area contributed by atoms with Crippen LogP contribution in [0.4, 0.5) is 5.82 Å². The number of aromatic nitrogens is 2. The number of carbonyl (C=O) groups excluding carboxylic acids is 2. The van der Waals surface area contributed by atoms with E-state index in [1.54, 1.807) is 17.7 Å². The van der Waals surface area contributed by atoms with Gasteiger partial charge in [-0.2, -0.15) is 0 Å². The number of carbonyl (C=O) groups is 2. The predicted octanol–water partition coefficient (Wildman–Crippen LogP) is 3.23. The maximum atomic E-state index is 12.4. The van der Waals surface area contributed by atoms with Crippen LogP contribution in [0.25, 0.3) is 10.2 Å². The fraction of sp³-hybridized carbons (Fsp3) is 0.619. The van der Waals surface area contributed by atoms with E-state index < -0.39 is 0 Å². The molecule has 0 aromatic carbocycles. The second kappa shape index (κ2) is 9.07. The Morgan fingerprint density at radius 1 is 1.24 bits per heavy atom. The van der Waals surface area contributed by atoms with Gasteiger partial charge in [0.15, 0.2) is 6.61 Å². The predicted molar refractivity (Wildman–Crippen MR) is 115 cm³/mol. The summed E-state index contributed by atoms with van der Waals surface area (Å²) in [5.41, 5.74) is 1.23. The van der Waals surface area contributed by atoms with E-state index in [1.807, 2.05) is 20.8 Å². The van der Waals surface area contributed by atoms with Gasteiger partial charge >= 0.3 is 5.97 Å². The van der Waals surface area contributed by atoms with Gasteiger partial charge in [0.2, 0.25) is 0 Å². The average molecular weight is 419 g/mol. The molecule has 3 heterocycles. The van der Waals surface area contributed by atoms with E-state index in [-0.39, 0.29) is 30.4 Å². The first-order valence-corrected chi connectivity index (χ1v) is 11.0. The zero-order chi connectivity index (χ0) is 21.1. The normalized spacial score (nSPS) is 16.3. The third-order valence-electron chi connectivity index (χ3n) is 5.81. The molecule has 0 unspecified atom stereocenters. The van der Waals surface area contributed by atoms with Gasteiger partial charge < -0.3 is 15.0 Å². The zero-order valence-corrected chi connectivity index (χ0v) is 18.6. The Morgan fingerprint density at radius 3 is 2.59 bits per heavy atom. The molecule has 7 nitrogen and oxygen atoms in total. The number of hydrogen-bond acceptors (Lipinski definition) is 7. The number of piperidine rings is 1. The lowest BCUT2D eigenvalue weighted by atomic mass is 9.97. The van der Waals surface area contributed by atoms with E-state index in [2.05, 4.69) is 34.0 Å². The van der Waals surface area contributed by atoms with Gasteiger partial charge in [0.25, 0.3) is 5.91 Å².